The van der Waals surface area contributed by atoms with E-state index in [1.54, 1.807) is 27.1 Å². The summed E-state index contributed by atoms with van der Waals surface area (Å²) < 4.78 is 72.1. The minimum Gasteiger partial charge on any atom is -0.724 e. The van der Waals surface area contributed by atoms with Gasteiger partial charge in [0.05, 0.1) is 81.1 Å². The molecule has 0 spiro atoms. The number of quaternary nitrogens is 1. The lowest BCUT2D eigenvalue weighted by Crippen LogP contribution is -2.53. The van der Waals surface area contributed by atoms with E-state index in [1.807, 2.05) is 79.9 Å². The van der Waals surface area contributed by atoms with E-state index in [9.17, 15) is 93.7 Å². The molecule has 4 radical (unpaired) electrons. The van der Waals surface area contributed by atoms with Crippen molar-refractivity contribution in [1.82, 2.24) is 95.6 Å². The predicted octanol–water partition coefficient (Wildman–Crippen LogP) is 2.40. The Morgan fingerprint density at radius 1 is 0.422 bits per heavy atom. The molecule has 47 nitrogen and oxygen atoms in total. The first-order valence-electron chi connectivity index (χ1n) is 52.3. The monoisotopic (exact) mass is 2100 g/mol. The van der Waals surface area contributed by atoms with Crippen LogP contribution in [0.25, 0.3) is 0 Å². The Kier molecular flexibility index (Phi) is 46.5. The zero-order chi connectivity index (χ0) is 106. The van der Waals surface area contributed by atoms with Crippen LogP contribution < -0.4 is 32.3 Å². The molecule has 17 rings (SSSR count). The third-order valence-corrected chi connectivity index (χ3v) is 30.3. The zero-order valence-electron chi connectivity index (χ0n) is 85.0. The molecule has 2 aromatic rings. The molecule has 15 aliphatic heterocycles. The topological polar surface area (TPSA) is 559 Å². The molecule has 14 amide bonds. The summed E-state index contributed by atoms with van der Waals surface area (Å²) in [5.74, 6) is -1.69. The van der Waals surface area contributed by atoms with Crippen LogP contribution in [0.5, 0.6) is 0 Å². The standard InChI is InChI=1S/C20H26BN4O4.C16H36N.C13H20BN4O7S.C13H20BN4O4.C13H14N2O4.C12H20N4O6S.C7H14BN2O/c26-14-21-23-9-4-7-16(8-10-23)22-19(27)18-11-17-12-24(18)20(28)25(17)29-13-15-5-2-1-3-6-15;1-5-9-13-17(14-10-6-2,15-11-7-3)16-12-8-4;19-8-14-16-4-1-2-9(3-5-16)15-12(20)11-6-10-7-17(11)13(21)18(10)25-26(22,23)24;19-8-14-16-4-1-2-9(3-5-16)15-12(20)11-6-10-7-17(11)13(21)18(10)22;16-12(17)11-6-10-7-14(11)13(18)15(10)19-8-9-4-2-1-3-5-9;17-11(14-8-2-1-4-13-5-3-8)10-6-9-7-15(10)12(18)16(9)22-23(19,20)21;9-7-2-1-4-10(5-3-7)8-6-11/h1-3,5-6,14,16-18H,4,7-13H2,(H,22,27);5-16H2,1-4H3;8-11H,1-7H2,(H,15,20)(H,22,23,24);8-11,22H,1-7H2,(H,15,20);1-5,10-11H,6-8H2,(H,16,17);8-10,13H,1-7H2,(H,14,17)(H,19,20,21);6-7H,1-5,9H2/q;+1;;;;;/p-1/t16-,17+,18-;;2*9-,10+,11-;10-,11+;8-,9+,10-;7-/m0.00100/s1. The van der Waals surface area contributed by atoms with E-state index in [0.717, 1.165) is 190 Å². The fourth-order valence-electron chi connectivity index (χ4n) is 21.6. The second-order valence-electron chi connectivity index (χ2n) is 40.1. The van der Waals surface area contributed by atoms with E-state index in [2.05, 4.69) is 62.8 Å². The predicted molar refractivity (Wildman–Crippen MR) is 539 cm³/mol. The number of hydrogen-bond donors (Lipinski definition) is 9. The number of carboxylic acids is 1. The normalized spacial score (nSPS) is 27.0. The molecule has 10 N–H and O–H groups in total. The van der Waals surface area contributed by atoms with Crippen LogP contribution in [0.1, 0.15) is 219 Å². The van der Waals surface area contributed by atoms with Crippen LogP contribution in [0, 0.1) is 0 Å². The number of rotatable bonds is 39. The third-order valence-electron chi connectivity index (χ3n) is 29.6. The number of amides is 14. The van der Waals surface area contributed by atoms with Gasteiger partial charge in [-0.2, -0.15) is 33.0 Å². The van der Waals surface area contributed by atoms with Gasteiger partial charge in [0.15, 0.2) is 0 Å². The Morgan fingerprint density at radius 2 is 0.735 bits per heavy atom. The molecule has 810 valence electrons. The first-order chi connectivity index (χ1) is 70.6. The van der Waals surface area contributed by atoms with E-state index in [-0.39, 0.29) is 104 Å². The van der Waals surface area contributed by atoms with Crippen LogP contribution >= 0.6 is 0 Å². The number of unbranched alkanes of at least 4 members (excludes halogenated alkanes) is 4. The highest BCUT2D eigenvalue weighted by atomic mass is 32.3. The SMILES string of the molecule is CCCC[N+](CCCC)(CCCC)CCCC.N[C@H]1CCCN([B]C=O)CC1.O=C(N[C@H]1CCCNCC1)[C@@H]1C[C@@H]2CN1C(=O)N2OS(=O)(=O)O.O=C(O)[C@@H]1C[C@@H]2CN1C(=O)N2OCc1ccccc1.O=C[B]N1CCC[C@H](NC(=O)[C@@H]2C[C@@H]3CN2C(=O)N3O)CC1.O=C[B]N1CCC[C@H](NC(=O)[C@@H]2C[C@@H]3CN2C(=O)N3OCc2ccccc2)CC1.O=C[B]N1CCC[C@H](NC(=O)[C@@H]2C[C@@H]3CN2C(=O)N3OS(=O)(=O)[O-])CC1. The fourth-order valence-corrected chi connectivity index (χ4v) is 22.4. The molecule has 15 aliphatic rings. The van der Waals surface area contributed by atoms with Crippen molar-refractivity contribution in [2.75, 3.05) is 124 Å². The first-order valence-corrected chi connectivity index (χ1v) is 55.0. The van der Waals surface area contributed by atoms with Gasteiger partial charge in [0.2, 0.25) is 34.0 Å². The summed E-state index contributed by atoms with van der Waals surface area (Å²) in [6, 6.07) is 12.5. The van der Waals surface area contributed by atoms with Crippen molar-refractivity contribution < 1.29 is 126 Å². The number of aliphatic carboxylic acids is 1. The molecule has 0 aromatic heterocycles. The minimum atomic E-state index is -5.04. The summed E-state index contributed by atoms with van der Waals surface area (Å²) in [5, 5.41) is 38.4. The Balaban J connectivity index is 0.000000165. The number of benzene rings is 2. The minimum absolute atomic E-state index is 0.0580. The Morgan fingerprint density at radius 3 is 1.07 bits per heavy atom. The second kappa shape index (κ2) is 58.1. The van der Waals surface area contributed by atoms with E-state index in [4.69, 9.17) is 25.1 Å². The summed E-state index contributed by atoms with van der Waals surface area (Å²) in [6.45, 7) is 25.6. The van der Waals surface area contributed by atoms with Gasteiger partial charge in [0, 0.05) is 95.0 Å². The maximum atomic E-state index is 12.8. The Labute approximate surface area is 865 Å². The summed E-state index contributed by atoms with van der Waals surface area (Å²) in [6.07, 6.45) is 29.6. The summed E-state index contributed by atoms with van der Waals surface area (Å²) in [4.78, 5) is 190. The number of carbonyl (C=O) groups is 14. The van der Waals surface area contributed by atoms with Gasteiger partial charge in [-0.25, -0.2) is 42.2 Å². The molecular formula is C94H149B4N21O26S2. The smallest absolute Gasteiger partial charge is 0.418 e. The van der Waals surface area contributed by atoms with Gasteiger partial charge < -0.3 is 109 Å². The molecule has 15 saturated heterocycles. The third kappa shape index (κ3) is 34.5. The molecule has 0 aliphatic carbocycles. The number of urea groups is 5. The van der Waals surface area contributed by atoms with Gasteiger partial charge >= 0.3 is 46.5 Å². The highest BCUT2D eigenvalue weighted by Crippen LogP contribution is 2.38. The lowest BCUT2D eigenvalue weighted by atomic mass is 9.94. The number of hydrogen-bond acceptors (Lipinski definition) is 30. The average molecular weight is 2100 g/mol. The maximum absolute atomic E-state index is 12.8. The van der Waals surface area contributed by atoms with Gasteiger partial charge in [-0.1, -0.05) is 114 Å². The van der Waals surface area contributed by atoms with Crippen LogP contribution in [0.4, 0.5) is 24.0 Å². The van der Waals surface area contributed by atoms with Crippen molar-refractivity contribution >= 4 is 135 Å². The van der Waals surface area contributed by atoms with Crippen LogP contribution in [0.15, 0.2) is 60.7 Å². The van der Waals surface area contributed by atoms with Crippen LogP contribution in [-0.2, 0) is 95.4 Å². The van der Waals surface area contributed by atoms with Gasteiger partial charge in [-0.15, -0.1) is 4.28 Å². The van der Waals surface area contributed by atoms with E-state index in [0.29, 0.717) is 81.2 Å². The number of hydroxylamine groups is 10. The molecule has 147 heavy (non-hydrogen) atoms. The van der Waals surface area contributed by atoms with E-state index >= 15 is 0 Å². The van der Waals surface area contributed by atoms with E-state index < -0.39 is 87.2 Å². The molecule has 0 saturated carbocycles. The summed E-state index contributed by atoms with van der Waals surface area (Å²) in [7, 11) is -3.59. The Hall–Kier alpha value is -9.58. The number of nitrogens with one attached hydrogen (secondary N) is 5. The van der Waals surface area contributed by atoms with Gasteiger partial charge in [-0.05, 0) is 199 Å². The van der Waals surface area contributed by atoms with E-state index in [1.165, 1.54) is 119 Å². The lowest BCUT2D eigenvalue weighted by Gasteiger charge is -2.39. The van der Waals surface area contributed by atoms with Crippen molar-refractivity contribution in [2.45, 2.75) is 311 Å². The highest BCUT2D eigenvalue weighted by molar-refractivity contribution is 7.81. The van der Waals surface area contributed by atoms with Crippen molar-refractivity contribution in [3.8, 4) is 0 Å². The molecule has 10 bridgehead atoms. The summed E-state index contributed by atoms with van der Waals surface area (Å²) >= 11 is 0. The molecule has 53 heteroatoms. The number of carbonyl (C=O) groups excluding carboxylic acids is 13. The number of nitrogens with zero attached hydrogens (tertiary/aromatic N) is 15. The van der Waals surface area contributed by atoms with Crippen LogP contribution in [-0.4, -0.2) is 439 Å². The van der Waals surface area contributed by atoms with Gasteiger partial charge in [-0.3, -0.25) is 38.6 Å². The molecular weight excluding hydrogens is 1950 g/mol. The zero-order valence-corrected chi connectivity index (χ0v) is 86.7. The van der Waals surface area contributed by atoms with Crippen molar-refractivity contribution in [3.63, 3.8) is 0 Å². The second-order valence-corrected chi connectivity index (χ2v) is 42.1. The largest absolute Gasteiger partial charge is 0.724 e. The summed E-state index contributed by atoms with van der Waals surface area (Å²) in [5.41, 5.74) is 7.74. The number of carboxylic acid groups (broad SMARTS) is 1. The van der Waals surface area contributed by atoms with Gasteiger partial charge in [0.25, 0.3) is 29.7 Å². The maximum Gasteiger partial charge on any atom is 0.418 e. The molecule has 2 aromatic carbocycles. The fraction of sp³-hybridized carbons (Fsp3) is 0.723. The van der Waals surface area contributed by atoms with Crippen LogP contribution in [0.2, 0.25) is 0 Å². The lowest BCUT2D eigenvalue weighted by molar-refractivity contribution is -0.929. The molecule has 15 atom stereocenters. The van der Waals surface area contributed by atoms with Gasteiger partial charge in [0.1, 0.15) is 43.4 Å². The highest BCUT2D eigenvalue weighted by Gasteiger charge is 2.58. The van der Waals surface area contributed by atoms with Crippen molar-refractivity contribution in [1.29, 1.82) is 0 Å². The first kappa shape index (κ1) is 118. The Bertz CT molecular complexity index is 4840. The van der Waals surface area contributed by atoms with Crippen LogP contribution in [0.3, 0.4) is 0 Å². The van der Waals surface area contributed by atoms with Crippen molar-refractivity contribution in [2.24, 2.45) is 5.73 Å². The molecule has 15 fully saturated rings. The van der Waals surface area contributed by atoms with Crippen molar-refractivity contribution in [3.05, 3.63) is 71.8 Å². The average Bonchev–Trinajstić information content (AvgIpc) is 1.67. The number of fused-ring (bicyclic) bond motifs is 10. The molecule has 15 heterocycles. The number of nitrogens with two attached hydrogens (primary N) is 1. The molecule has 0 unspecified atom stereocenters. The quantitative estimate of drug-likeness (QED) is 0.0116.